The predicted octanol–water partition coefficient (Wildman–Crippen LogP) is 3.39. The van der Waals surface area contributed by atoms with Crippen LogP contribution < -0.4 is 15.5 Å². The number of anilines is 3. The minimum Gasteiger partial charge on any atom is -0.397 e. The molecule has 0 aromatic heterocycles. The van der Waals surface area contributed by atoms with Crippen molar-refractivity contribution in [3.63, 3.8) is 0 Å². The van der Waals surface area contributed by atoms with Gasteiger partial charge in [-0.25, -0.2) is 4.39 Å². The number of nitrogens with zero attached hydrogens (tertiary/aromatic N) is 2. The molecular formula is C16H17ClFN3. The summed E-state index contributed by atoms with van der Waals surface area (Å²) in [6, 6.07) is 12.4. The number of hydrogen-bond donors (Lipinski definition) is 1. The molecule has 1 heterocycles. The maximum absolute atomic E-state index is 13.4. The first-order valence-corrected chi connectivity index (χ1v) is 7.32. The Morgan fingerprint density at radius 1 is 0.952 bits per heavy atom. The Labute approximate surface area is 128 Å². The predicted molar refractivity (Wildman–Crippen MR) is 86.7 cm³/mol. The zero-order valence-electron chi connectivity index (χ0n) is 11.6. The van der Waals surface area contributed by atoms with E-state index >= 15 is 0 Å². The Morgan fingerprint density at radius 3 is 2.38 bits per heavy atom. The SMILES string of the molecule is Nc1ccc(F)cc1N1CCN(c2cccc(Cl)c2)CC1. The molecule has 3 nitrogen and oxygen atoms in total. The number of rotatable bonds is 2. The molecule has 21 heavy (non-hydrogen) atoms. The minimum absolute atomic E-state index is 0.253. The van der Waals surface area contributed by atoms with Crippen molar-refractivity contribution in [2.24, 2.45) is 0 Å². The first-order valence-electron chi connectivity index (χ1n) is 6.94. The van der Waals surface area contributed by atoms with Gasteiger partial charge in [0.25, 0.3) is 0 Å². The molecule has 0 spiro atoms. The van der Waals surface area contributed by atoms with E-state index in [0.717, 1.165) is 42.6 Å². The van der Waals surface area contributed by atoms with E-state index in [1.165, 1.54) is 12.1 Å². The highest BCUT2D eigenvalue weighted by molar-refractivity contribution is 6.30. The molecule has 0 saturated carbocycles. The van der Waals surface area contributed by atoms with Crippen LogP contribution >= 0.6 is 11.6 Å². The maximum atomic E-state index is 13.4. The fourth-order valence-corrected chi connectivity index (χ4v) is 2.85. The normalized spacial score (nSPS) is 15.3. The number of nitrogens with two attached hydrogens (primary N) is 1. The number of halogens is 2. The molecule has 1 saturated heterocycles. The van der Waals surface area contributed by atoms with Crippen molar-refractivity contribution in [3.8, 4) is 0 Å². The summed E-state index contributed by atoms with van der Waals surface area (Å²) in [6.07, 6.45) is 0. The van der Waals surface area contributed by atoms with Crippen LogP contribution in [0.15, 0.2) is 42.5 Å². The van der Waals surface area contributed by atoms with Crippen LogP contribution in [0.2, 0.25) is 5.02 Å². The summed E-state index contributed by atoms with van der Waals surface area (Å²) in [5, 5.41) is 0.740. The van der Waals surface area contributed by atoms with Crippen LogP contribution in [0.5, 0.6) is 0 Å². The third kappa shape index (κ3) is 3.05. The van der Waals surface area contributed by atoms with E-state index in [0.29, 0.717) is 5.69 Å². The third-order valence-electron chi connectivity index (χ3n) is 3.79. The molecule has 2 aromatic carbocycles. The second kappa shape index (κ2) is 5.82. The Kier molecular flexibility index (Phi) is 3.88. The molecule has 1 aliphatic rings. The van der Waals surface area contributed by atoms with Gasteiger partial charge in [0.1, 0.15) is 5.82 Å². The molecule has 5 heteroatoms. The molecule has 1 fully saturated rings. The third-order valence-corrected chi connectivity index (χ3v) is 4.02. The lowest BCUT2D eigenvalue weighted by molar-refractivity contribution is 0.621. The van der Waals surface area contributed by atoms with Crippen molar-refractivity contribution in [3.05, 3.63) is 53.3 Å². The Bertz CT molecular complexity index is 639. The lowest BCUT2D eigenvalue weighted by atomic mass is 10.2. The lowest BCUT2D eigenvalue weighted by Gasteiger charge is -2.37. The van der Waals surface area contributed by atoms with Crippen molar-refractivity contribution in [1.82, 2.24) is 0 Å². The van der Waals surface area contributed by atoms with E-state index < -0.39 is 0 Å². The van der Waals surface area contributed by atoms with Crippen molar-refractivity contribution >= 4 is 28.7 Å². The topological polar surface area (TPSA) is 32.5 Å². The van der Waals surface area contributed by atoms with Crippen molar-refractivity contribution in [2.45, 2.75) is 0 Å². The molecule has 2 N–H and O–H groups in total. The van der Waals surface area contributed by atoms with Gasteiger partial charge in [-0.3, -0.25) is 0 Å². The number of nitrogen functional groups attached to an aromatic ring is 1. The van der Waals surface area contributed by atoms with Crippen LogP contribution in [0.25, 0.3) is 0 Å². The molecule has 0 radical (unpaired) electrons. The summed E-state index contributed by atoms with van der Waals surface area (Å²) < 4.78 is 13.4. The summed E-state index contributed by atoms with van der Waals surface area (Å²) in [4.78, 5) is 4.40. The van der Waals surface area contributed by atoms with Crippen LogP contribution in [0.1, 0.15) is 0 Å². The van der Waals surface area contributed by atoms with Gasteiger partial charge >= 0.3 is 0 Å². The van der Waals surface area contributed by atoms with Crippen molar-refractivity contribution in [2.75, 3.05) is 41.7 Å². The molecule has 0 bridgehead atoms. The summed E-state index contributed by atoms with van der Waals surface area (Å²) in [7, 11) is 0. The first kappa shape index (κ1) is 14.0. The zero-order chi connectivity index (χ0) is 14.8. The monoisotopic (exact) mass is 305 g/mol. The van der Waals surface area contributed by atoms with Gasteiger partial charge in [0.2, 0.25) is 0 Å². The molecule has 1 aliphatic heterocycles. The highest BCUT2D eigenvalue weighted by atomic mass is 35.5. The summed E-state index contributed by atoms with van der Waals surface area (Å²) in [5.74, 6) is -0.253. The average Bonchev–Trinajstić information content (AvgIpc) is 2.50. The van der Waals surface area contributed by atoms with E-state index in [9.17, 15) is 4.39 Å². The van der Waals surface area contributed by atoms with Gasteiger partial charge in [-0.2, -0.15) is 0 Å². The average molecular weight is 306 g/mol. The van der Waals surface area contributed by atoms with Crippen molar-refractivity contribution < 1.29 is 4.39 Å². The van der Waals surface area contributed by atoms with E-state index in [4.69, 9.17) is 17.3 Å². The summed E-state index contributed by atoms with van der Waals surface area (Å²) >= 11 is 6.03. The number of hydrogen-bond acceptors (Lipinski definition) is 3. The van der Waals surface area contributed by atoms with E-state index in [1.807, 2.05) is 18.2 Å². The maximum Gasteiger partial charge on any atom is 0.125 e. The molecule has 0 atom stereocenters. The Balaban J connectivity index is 1.72. The van der Waals surface area contributed by atoms with E-state index in [1.54, 1.807) is 6.07 Å². The van der Waals surface area contributed by atoms with E-state index in [-0.39, 0.29) is 5.82 Å². The Hall–Kier alpha value is -1.94. The zero-order valence-corrected chi connectivity index (χ0v) is 12.4. The van der Waals surface area contributed by atoms with Crippen LogP contribution in [0.3, 0.4) is 0 Å². The van der Waals surface area contributed by atoms with Crippen LogP contribution in [-0.4, -0.2) is 26.2 Å². The number of benzene rings is 2. The smallest absolute Gasteiger partial charge is 0.125 e. The van der Waals surface area contributed by atoms with Gasteiger partial charge in [-0.05, 0) is 36.4 Å². The molecule has 0 aliphatic carbocycles. The molecule has 0 amide bonds. The lowest BCUT2D eigenvalue weighted by Crippen LogP contribution is -2.46. The Morgan fingerprint density at radius 2 is 1.67 bits per heavy atom. The fourth-order valence-electron chi connectivity index (χ4n) is 2.67. The fraction of sp³-hybridized carbons (Fsp3) is 0.250. The van der Waals surface area contributed by atoms with Gasteiger partial charge in [0.05, 0.1) is 11.4 Å². The second-order valence-electron chi connectivity index (χ2n) is 5.16. The largest absolute Gasteiger partial charge is 0.397 e. The molecule has 110 valence electrons. The summed E-state index contributed by atoms with van der Waals surface area (Å²) in [5.41, 5.74) is 8.46. The quantitative estimate of drug-likeness (QED) is 0.863. The van der Waals surface area contributed by atoms with Crippen molar-refractivity contribution in [1.29, 1.82) is 0 Å². The van der Waals surface area contributed by atoms with Gasteiger partial charge in [-0.15, -0.1) is 0 Å². The molecule has 0 unspecified atom stereocenters. The highest BCUT2D eigenvalue weighted by Gasteiger charge is 2.19. The molecule has 2 aromatic rings. The summed E-state index contributed by atoms with van der Waals surface area (Å²) in [6.45, 7) is 3.33. The molecule has 3 rings (SSSR count). The second-order valence-corrected chi connectivity index (χ2v) is 5.59. The van der Waals surface area contributed by atoms with Gasteiger partial charge in [0.15, 0.2) is 0 Å². The minimum atomic E-state index is -0.253. The molecular weight excluding hydrogens is 289 g/mol. The van der Waals surface area contributed by atoms with Gasteiger partial charge in [0, 0.05) is 36.9 Å². The highest BCUT2D eigenvalue weighted by Crippen LogP contribution is 2.27. The van der Waals surface area contributed by atoms with Crippen LogP contribution in [0.4, 0.5) is 21.5 Å². The number of piperazine rings is 1. The van der Waals surface area contributed by atoms with Crippen LogP contribution in [0, 0.1) is 5.82 Å². The van der Waals surface area contributed by atoms with Gasteiger partial charge < -0.3 is 15.5 Å². The first-order chi connectivity index (χ1) is 10.1. The van der Waals surface area contributed by atoms with Gasteiger partial charge in [-0.1, -0.05) is 17.7 Å². The van der Waals surface area contributed by atoms with E-state index in [2.05, 4.69) is 15.9 Å². The standard InChI is InChI=1S/C16H17ClFN3/c17-12-2-1-3-14(10-12)20-6-8-21(9-7-20)16-11-13(18)4-5-15(16)19/h1-5,10-11H,6-9,19H2. The van der Waals surface area contributed by atoms with Crippen LogP contribution in [-0.2, 0) is 0 Å².